The van der Waals surface area contributed by atoms with E-state index in [1.54, 1.807) is 47.7 Å². The molecule has 0 fully saturated rings. The van der Waals surface area contributed by atoms with Gasteiger partial charge in [0.25, 0.3) is 0 Å². The summed E-state index contributed by atoms with van der Waals surface area (Å²) in [5.41, 5.74) is 12.3. The van der Waals surface area contributed by atoms with Crippen LogP contribution in [0.3, 0.4) is 0 Å². The molecule has 3 atom stereocenters. The van der Waals surface area contributed by atoms with Crippen LogP contribution in [0, 0.1) is 0 Å². The Hall–Kier alpha value is -9.32. The van der Waals surface area contributed by atoms with E-state index < -0.39 is 65.5 Å². The van der Waals surface area contributed by atoms with E-state index in [-0.39, 0.29) is 104 Å². The van der Waals surface area contributed by atoms with Crippen LogP contribution in [0.1, 0.15) is 107 Å². The molecule has 11 aromatic rings. The van der Waals surface area contributed by atoms with Crippen molar-refractivity contribution in [1.82, 2.24) is 30.1 Å². The third kappa shape index (κ3) is 23.6. The quantitative estimate of drug-likeness (QED) is 0.0226. The molecule has 0 bridgehead atoms. The molecule has 8 aromatic carbocycles. The number of carboxylic acid groups (broad SMARTS) is 3. The summed E-state index contributed by atoms with van der Waals surface area (Å²) >= 11 is 3.36. The number of amides is 3. The number of aliphatic carboxylic acids is 3. The SMILES string of the molecule is BrCc1ccccc1.C.C.CC(C)(C)OC(=O)NC(Cc1c[nH]c2ccccc12)C(=O)O.CC(C)(C)OC(=O)NC(Cc1cn(Cc2ccccc2)c2ccccc12)C(=O)O.O=C(NC(Cc1cn(Cc2ccccc2)c2ccccc12)C(=O)O)OCC1c2ccccc2-c2ccccc21.[K+].[OH-]. The van der Waals surface area contributed by atoms with Crippen molar-refractivity contribution < 1.29 is 115 Å². The number of rotatable bonds is 19. The predicted molar refractivity (Wildman–Crippen MR) is 400 cm³/mol. The van der Waals surface area contributed by atoms with Gasteiger partial charge in [0.15, 0.2) is 0 Å². The van der Waals surface area contributed by atoms with Crippen molar-refractivity contribution in [3.8, 4) is 11.1 Å². The number of carbonyl (C=O) groups excluding carboxylic acids is 3. The molecule has 8 N–H and O–H groups in total. The second-order valence-corrected chi connectivity index (χ2v) is 26.2. The molecule has 1 aliphatic carbocycles. The standard InChI is InChI=1S/C33H28N2O4.C23H26N2O4.C16H20N2O4.C7H7Br.2CH4.K.H2O/c36-32(37)30(18-23-20-35(19-22-10-2-1-3-11-22)31-17-9-8-12-24(23)31)34-33(38)39-21-29-27-15-6-4-13-25(27)26-14-5-7-16-28(26)29;1-23(2,3)29-22(28)24-19(21(26)27)13-17-15-25(14-16-9-5-4-6-10-16)20-12-8-7-11-18(17)20;1-16(2,3)22-15(21)18-13(14(19)20)8-10-9-17-12-7-5-4-6-11(10)12;8-6-7-4-2-1-3-5-7;;;;/h1-17,20,29-30H,18-19,21H2,(H,34,38)(H,36,37);4-12,15,19H,13-14H2,1-3H3,(H,24,28)(H,26,27);4-7,9,13,17H,8H2,1-3H3,(H,18,21)(H,19,20);1-5H,6H2;2*1H4;;1H2/q;;;;;;+1;/p-1. The first kappa shape index (κ1) is 83.3. The van der Waals surface area contributed by atoms with Crippen molar-refractivity contribution in [3.63, 3.8) is 0 Å². The van der Waals surface area contributed by atoms with Crippen LogP contribution in [0.4, 0.5) is 14.4 Å². The fraction of sp³-hybridized carbons (Fsp3) is 0.259. The number of nitrogens with one attached hydrogen (secondary N) is 4. The molecular formula is C81H90BrKN6O13. The molecule has 0 saturated heterocycles. The number of aromatic amines is 1. The van der Waals surface area contributed by atoms with E-state index in [0.717, 1.165) is 88.1 Å². The van der Waals surface area contributed by atoms with Crippen molar-refractivity contribution in [2.45, 2.75) is 129 Å². The molecule has 102 heavy (non-hydrogen) atoms. The topological polar surface area (TPSA) is 283 Å². The van der Waals surface area contributed by atoms with Crippen LogP contribution < -0.4 is 67.3 Å². The number of fused-ring (bicyclic) bond motifs is 6. The normalized spacial score (nSPS) is 12.0. The number of hydrogen-bond acceptors (Lipinski definition) is 10. The molecule has 1 aliphatic rings. The van der Waals surface area contributed by atoms with Crippen molar-refractivity contribution in [2.75, 3.05) is 6.61 Å². The molecule has 0 saturated carbocycles. The van der Waals surface area contributed by atoms with Gasteiger partial charge in [-0.25, -0.2) is 28.8 Å². The summed E-state index contributed by atoms with van der Waals surface area (Å²) in [6, 6.07) is 66.8. The molecule has 12 rings (SSSR count). The Balaban J connectivity index is 0.000000264. The fourth-order valence-electron chi connectivity index (χ4n) is 11.6. The Labute approximate surface area is 646 Å². The molecular weight excluding hydrogens is 1380 g/mol. The number of alkyl carbamates (subject to hydrolysis) is 3. The molecule has 21 heteroatoms. The summed E-state index contributed by atoms with van der Waals surface area (Å²) in [7, 11) is 0. The zero-order valence-electron chi connectivity index (χ0n) is 56.9. The maximum atomic E-state index is 12.8. The van der Waals surface area contributed by atoms with Crippen molar-refractivity contribution in [3.05, 3.63) is 275 Å². The van der Waals surface area contributed by atoms with Gasteiger partial charge in [-0.2, -0.15) is 0 Å². The van der Waals surface area contributed by atoms with Crippen LogP contribution in [0.5, 0.6) is 0 Å². The minimum absolute atomic E-state index is 0. The largest absolute Gasteiger partial charge is 1.00 e. The number of carboxylic acids is 3. The van der Waals surface area contributed by atoms with Gasteiger partial charge >= 0.3 is 87.6 Å². The van der Waals surface area contributed by atoms with Crippen LogP contribution in [-0.4, -0.2) is 107 Å². The third-order valence-corrected chi connectivity index (χ3v) is 16.6. The summed E-state index contributed by atoms with van der Waals surface area (Å²) in [4.78, 5) is 75.1. The Morgan fingerprint density at radius 1 is 0.461 bits per heavy atom. The number of aromatic nitrogens is 3. The maximum absolute atomic E-state index is 12.8. The molecule has 530 valence electrons. The Kier molecular flexibility index (Phi) is 32.0. The van der Waals surface area contributed by atoms with E-state index in [0.29, 0.717) is 13.1 Å². The van der Waals surface area contributed by atoms with Crippen molar-refractivity contribution in [1.29, 1.82) is 0 Å². The summed E-state index contributed by atoms with van der Waals surface area (Å²) in [5, 5.41) is 40.2. The summed E-state index contributed by atoms with van der Waals surface area (Å²) in [6.45, 7) is 11.9. The number of hydrogen-bond donors (Lipinski definition) is 7. The summed E-state index contributed by atoms with van der Waals surface area (Å²) in [6.07, 6.45) is 3.97. The Morgan fingerprint density at radius 2 is 0.804 bits per heavy atom. The molecule has 3 heterocycles. The average molecular weight is 1470 g/mol. The maximum Gasteiger partial charge on any atom is 1.00 e. The Morgan fingerprint density at radius 3 is 1.20 bits per heavy atom. The number of benzene rings is 8. The average Bonchev–Trinajstić information content (AvgIpc) is 1.63. The molecule has 3 unspecified atom stereocenters. The fourth-order valence-corrected chi connectivity index (χ4v) is 12.0. The molecule has 0 radical (unpaired) electrons. The number of carbonyl (C=O) groups is 6. The first-order valence-corrected chi connectivity index (χ1v) is 33.3. The number of H-pyrrole nitrogens is 1. The van der Waals surface area contributed by atoms with Gasteiger partial charge in [0.05, 0.1) is 0 Å². The van der Waals surface area contributed by atoms with Gasteiger partial charge in [-0.3, -0.25) is 0 Å². The van der Waals surface area contributed by atoms with Crippen LogP contribution in [-0.2, 0) is 66.3 Å². The third-order valence-electron chi connectivity index (χ3n) is 16.0. The van der Waals surface area contributed by atoms with E-state index in [2.05, 4.69) is 94.5 Å². The van der Waals surface area contributed by atoms with E-state index in [1.807, 2.05) is 176 Å². The first-order valence-electron chi connectivity index (χ1n) is 32.2. The minimum Gasteiger partial charge on any atom is -0.870 e. The van der Waals surface area contributed by atoms with Gasteiger partial charge in [-0.1, -0.05) is 225 Å². The van der Waals surface area contributed by atoms with Gasteiger partial charge in [0.2, 0.25) is 0 Å². The monoisotopic (exact) mass is 1470 g/mol. The van der Waals surface area contributed by atoms with E-state index in [4.69, 9.17) is 14.2 Å². The van der Waals surface area contributed by atoms with Gasteiger partial charge in [0.1, 0.15) is 35.9 Å². The van der Waals surface area contributed by atoms with Crippen LogP contribution in [0.15, 0.2) is 231 Å². The number of ether oxygens (including phenoxy) is 3. The van der Waals surface area contributed by atoms with Crippen molar-refractivity contribution >= 4 is 84.8 Å². The van der Waals surface area contributed by atoms with Crippen LogP contribution in [0.25, 0.3) is 43.8 Å². The number of nitrogens with zero attached hydrogens (tertiary/aromatic N) is 2. The molecule has 0 aliphatic heterocycles. The summed E-state index contributed by atoms with van der Waals surface area (Å²) in [5.74, 6) is -3.40. The molecule has 0 spiro atoms. The number of halogens is 1. The minimum atomic E-state index is -1.13. The van der Waals surface area contributed by atoms with E-state index >= 15 is 0 Å². The van der Waals surface area contributed by atoms with Gasteiger partial charge in [-0.05, 0) is 115 Å². The zero-order valence-corrected chi connectivity index (χ0v) is 61.6. The van der Waals surface area contributed by atoms with Crippen molar-refractivity contribution in [2.24, 2.45) is 0 Å². The second-order valence-electron chi connectivity index (χ2n) is 25.6. The summed E-state index contributed by atoms with van der Waals surface area (Å²) < 4.78 is 20.1. The van der Waals surface area contributed by atoms with E-state index in [1.165, 1.54) is 5.56 Å². The van der Waals surface area contributed by atoms with Gasteiger partial charge in [0, 0.05) is 94.9 Å². The second kappa shape index (κ2) is 39.2. The van der Waals surface area contributed by atoms with E-state index in [9.17, 15) is 44.1 Å². The number of alkyl halides is 1. The van der Waals surface area contributed by atoms with Crippen LogP contribution >= 0.6 is 15.9 Å². The van der Waals surface area contributed by atoms with Crippen LogP contribution in [0.2, 0.25) is 0 Å². The van der Waals surface area contributed by atoms with Gasteiger partial charge < -0.3 is 65.1 Å². The smallest absolute Gasteiger partial charge is 0.870 e. The predicted octanol–water partition coefficient (Wildman–Crippen LogP) is 13.8. The van der Waals surface area contributed by atoms with Gasteiger partial charge in [-0.15, -0.1) is 0 Å². The molecule has 3 aromatic heterocycles. The Bertz CT molecular complexity index is 4480. The zero-order chi connectivity index (χ0) is 69.9. The number of para-hydroxylation sites is 3. The molecule has 19 nitrogen and oxygen atoms in total. The first-order chi connectivity index (χ1) is 47.0. The molecule has 3 amide bonds.